The van der Waals surface area contributed by atoms with Crippen molar-refractivity contribution >= 4 is 63.5 Å². The highest BCUT2D eigenvalue weighted by Gasteiger charge is 2.31. The summed E-state index contributed by atoms with van der Waals surface area (Å²) in [6.07, 6.45) is 2.69. The highest BCUT2D eigenvalue weighted by atomic mass is 35.5. The molecule has 7 heteroatoms. The summed E-state index contributed by atoms with van der Waals surface area (Å²) < 4.78 is 0.529. The molecular formula is C21H19ClN2O2S2. The number of thiocarbonyl (C=S) groups is 1. The van der Waals surface area contributed by atoms with Crippen LogP contribution >= 0.6 is 35.6 Å². The molecule has 28 heavy (non-hydrogen) atoms. The number of carbonyl (C=O) groups excluding carboxylic acids is 2. The Balaban J connectivity index is 1.52. The second kappa shape index (κ2) is 9.37. The molecule has 0 aromatic heterocycles. The molecule has 2 aromatic rings. The summed E-state index contributed by atoms with van der Waals surface area (Å²) >= 11 is 12.5. The third-order valence-corrected chi connectivity index (χ3v) is 5.79. The van der Waals surface area contributed by atoms with Crippen molar-refractivity contribution in [2.75, 3.05) is 11.9 Å². The largest absolute Gasteiger partial charge is 0.326 e. The van der Waals surface area contributed by atoms with Gasteiger partial charge in [-0.05, 0) is 49.2 Å². The number of halogens is 1. The topological polar surface area (TPSA) is 49.4 Å². The normalized spacial score (nSPS) is 15.4. The van der Waals surface area contributed by atoms with Gasteiger partial charge in [-0.1, -0.05) is 65.4 Å². The number of hydrogen-bond donors (Lipinski definition) is 1. The van der Waals surface area contributed by atoms with E-state index >= 15 is 0 Å². The molecule has 2 amide bonds. The van der Waals surface area contributed by atoms with Crippen molar-refractivity contribution in [1.82, 2.24) is 4.90 Å². The SMILES string of the molecule is Cc1ccc(C=C2SC(=S)N(CCCC(=O)Nc3ccc(Cl)cc3)C2=O)cc1. The van der Waals surface area contributed by atoms with E-state index in [1.165, 1.54) is 17.3 Å². The molecule has 4 nitrogen and oxygen atoms in total. The number of nitrogens with zero attached hydrogens (tertiary/aromatic N) is 1. The second-order valence-electron chi connectivity index (χ2n) is 6.40. The molecule has 0 unspecified atom stereocenters. The summed E-state index contributed by atoms with van der Waals surface area (Å²) in [4.78, 5) is 26.9. The maximum Gasteiger partial charge on any atom is 0.266 e. The number of benzene rings is 2. The Hall–Kier alpha value is -2.15. The molecule has 1 fully saturated rings. The Bertz CT molecular complexity index is 924. The Labute approximate surface area is 178 Å². The molecular weight excluding hydrogens is 412 g/mol. The van der Waals surface area contributed by atoms with Crippen molar-refractivity contribution in [3.63, 3.8) is 0 Å². The number of carbonyl (C=O) groups is 2. The van der Waals surface area contributed by atoms with E-state index in [0.717, 1.165) is 5.56 Å². The van der Waals surface area contributed by atoms with Crippen LogP contribution in [-0.4, -0.2) is 27.6 Å². The summed E-state index contributed by atoms with van der Waals surface area (Å²) in [6, 6.07) is 14.9. The minimum absolute atomic E-state index is 0.103. The van der Waals surface area contributed by atoms with Crippen LogP contribution in [0.1, 0.15) is 24.0 Å². The Kier molecular flexibility index (Phi) is 6.88. The van der Waals surface area contributed by atoms with Gasteiger partial charge in [-0.2, -0.15) is 0 Å². The lowest BCUT2D eigenvalue weighted by molar-refractivity contribution is -0.122. The highest BCUT2D eigenvalue weighted by molar-refractivity contribution is 8.26. The molecule has 2 aromatic carbocycles. The van der Waals surface area contributed by atoms with E-state index in [1.54, 1.807) is 29.2 Å². The van der Waals surface area contributed by atoms with Gasteiger partial charge in [-0.25, -0.2) is 0 Å². The van der Waals surface area contributed by atoms with Gasteiger partial charge in [-0.3, -0.25) is 14.5 Å². The Morgan fingerprint density at radius 2 is 1.86 bits per heavy atom. The lowest BCUT2D eigenvalue weighted by Gasteiger charge is -2.14. The molecule has 1 aliphatic heterocycles. The van der Waals surface area contributed by atoms with Gasteiger partial charge in [0.2, 0.25) is 5.91 Å². The average Bonchev–Trinajstić information content (AvgIpc) is 2.93. The minimum atomic E-state index is -0.108. The summed E-state index contributed by atoms with van der Waals surface area (Å²) in [5.41, 5.74) is 2.83. The maximum absolute atomic E-state index is 12.6. The summed E-state index contributed by atoms with van der Waals surface area (Å²) in [6.45, 7) is 2.44. The van der Waals surface area contributed by atoms with Gasteiger partial charge in [0, 0.05) is 23.7 Å². The zero-order chi connectivity index (χ0) is 20.1. The van der Waals surface area contributed by atoms with E-state index < -0.39 is 0 Å². The van der Waals surface area contributed by atoms with Crippen molar-refractivity contribution in [2.24, 2.45) is 0 Å². The van der Waals surface area contributed by atoms with Crippen LogP contribution in [0.25, 0.3) is 6.08 Å². The Morgan fingerprint density at radius 3 is 2.54 bits per heavy atom. The summed E-state index contributed by atoms with van der Waals surface area (Å²) in [5, 5.41) is 3.43. The standard InChI is InChI=1S/C21H19ClN2O2S2/c1-14-4-6-15(7-5-14)13-18-20(26)24(21(27)28-18)12-2-3-19(25)23-17-10-8-16(22)9-11-17/h4-11,13H,2-3,12H2,1H3,(H,23,25). The van der Waals surface area contributed by atoms with E-state index in [2.05, 4.69) is 5.32 Å². The molecule has 0 bridgehead atoms. The fourth-order valence-electron chi connectivity index (χ4n) is 2.66. The van der Waals surface area contributed by atoms with Gasteiger partial charge in [0.05, 0.1) is 4.91 Å². The predicted octanol–water partition coefficient (Wildman–Crippen LogP) is 5.27. The van der Waals surface area contributed by atoms with Crippen molar-refractivity contribution in [2.45, 2.75) is 19.8 Å². The van der Waals surface area contributed by atoms with Gasteiger partial charge in [0.1, 0.15) is 4.32 Å². The summed E-state index contributed by atoms with van der Waals surface area (Å²) in [7, 11) is 0. The summed E-state index contributed by atoms with van der Waals surface area (Å²) in [5.74, 6) is -0.211. The molecule has 0 radical (unpaired) electrons. The van der Waals surface area contributed by atoms with Gasteiger partial charge >= 0.3 is 0 Å². The number of aryl methyl sites for hydroxylation is 1. The van der Waals surface area contributed by atoms with Crippen LogP contribution in [0, 0.1) is 6.92 Å². The number of rotatable bonds is 6. The number of thioether (sulfide) groups is 1. The zero-order valence-electron chi connectivity index (χ0n) is 15.3. The fraction of sp³-hybridized carbons (Fsp3) is 0.190. The van der Waals surface area contributed by atoms with E-state index in [0.29, 0.717) is 39.3 Å². The maximum atomic E-state index is 12.6. The fourth-order valence-corrected chi connectivity index (χ4v) is 4.10. The predicted molar refractivity (Wildman–Crippen MR) is 120 cm³/mol. The van der Waals surface area contributed by atoms with Gasteiger partial charge < -0.3 is 5.32 Å². The third kappa shape index (κ3) is 5.44. The van der Waals surface area contributed by atoms with Crippen LogP contribution in [0.3, 0.4) is 0 Å². The van der Waals surface area contributed by atoms with Gasteiger partial charge in [0.25, 0.3) is 5.91 Å². The third-order valence-electron chi connectivity index (χ3n) is 4.16. The first-order chi connectivity index (χ1) is 13.4. The molecule has 0 saturated carbocycles. The smallest absolute Gasteiger partial charge is 0.266 e. The van der Waals surface area contributed by atoms with Crippen molar-refractivity contribution in [3.8, 4) is 0 Å². The van der Waals surface area contributed by atoms with E-state index in [4.69, 9.17) is 23.8 Å². The molecule has 1 N–H and O–H groups in total. The quantitative estimate of drug-likeness (QED) is 0.501. The molecule has 0 spiro atoms. The molecule has 1 heterocycles. The molecule has 1 saturated heterocycles. The number of hydrogen-bond acceptors (Lipinski definition) is 4. The van der Waals surface area contributed by atoms with Crippen molar-refractivity contribution in [1.29, 1.82) is 0 Å². The van der Waals surface area contributed by atoms with Crippen LogP contribution in [0.4, 0.5) is 5.69 Å². The van der Waals surface area contributed by atoms with Crippen LogP contribution < -0.4 is 5.32 Å². The van der Waals surface area contributed by atoms with Crippen molar-refractivity contribution < 1.29 is 9.59 Å². The van der Waals surface area contributed by atoms with Crippen LogP contribution in [0.15, 0.2) is 53.4 Å². The lowest BCUT2D eigenvalue weighted by Crippen LogP contribution is -2.29. The average molecular weight is 431 g/mol. The number of anilines is 1. The molecule has 144 valence electrons. The lowest BCUT2D eigenvalue weighted by atomic mass is 10.1. The molecule has 3 rings (SSSR count). The number of nitrogens with one attached hydrogen (secondary N) is 1. The molecule has 1 aliphatic rings. The first-order valence-electron chi connectivity index (χ1n) is 8.80. The second-order valence-corrected chi connectivity index (χ2v) is 8.51. The van der Waals surface area contributed by atoms with Gasteiger partial charge in [-0.15, -0.1) is 0 Å². The zero-order valence-corrected chi connectivity index (χ0v) is 17.7. The van der Waals surface area contributed by atoms with E-state index in [1.807, 2.05) is 37.3 Å². The van der Waals surface area contributed by atoms with Crippen LogP contribution in [0.2, 0.25) is 5.02 Å². The number of amides is 2. The first-order valence-corrected chi connectivity index (χ1v) is 10.4. The minimum Gasteiger partial charge on any atom is -0.326 e. The monoisotopic (exact) mass is 430 g/mol. The Morgan fingerprint density at radius 1 is 1.18 bits per heavy atom. The highest BCUT2D eigenvalue weighted by Crippen LogP contribution is 2.32. The van der Waals surface area contributed by atoms with Crippen molar-refractivity contribution in [3.05, 3.63) is 69.6 Å². The van der Waals surface area contributed by atoms with Crippen LogP contribution in [-0.2, 0) is 9.59 Å². The van der Waals surface area contributed by atoms with E-state index in [9.17, 15) is 9.59 Å². The van der Waals surface area contributed by atoms with E-state index in [-0.39, 0.29) is 11.8 Å². The van der Waals surface area contributed by atoms with Gasteiger partial charge in [0.15, 0.2) is 0 Å². The molecule has 0 atom stereocenters. The first kappa shape index (κ1) is 20.6. The van der Waals surface area contributed by atoms with Crippen LogP contribution in [0.5, 0.6) is 0 Å². The molecule has 0 aliphatic carbocycles.